The molecule has 0 aromatic carbocycles. The molecule has 0 radical (unpaired) electrons. The zero-order valence-corrected chi connectivity index (χ0v) is 8.80. The van der Waals surface area contributed by atoms with Gasteiger partial charge in [0.2, 0.25) is 0 Å². The quantitative estimate of drug-likeness (QED) is 0.779. The van der Waals surface area contributed by atoms with Gasteiger partial charge in [-0.15, -0.1) is 0 Å². The van der Waals surface area contributed by atoms with E-state index < -0.39 is 6.09 Å². The van der Waals surface area contributed by atoms with E-state index in [4.69, 9.17) is 14.9 Å². The molecule has 6 heteroatoms. The Labute approximate surface area is 92.5 Å². The van der Waals surface area contributed by atoms with Crippen molar-refractivity contribution >= 4 is 6.09 Å². The number of aliphatic hydroxyl groups is 1. The summed E-state index contributed by atoms with van der Waals surface area (Å²) in [6.07, 6.45) is 1.87. The molecule has 1 aliphatic heterocycles. The summed E-state index contributed by atoms with van der Waals surface area (Å²) >= 11 is 0. The largest absolute Gasteiger partial charge is 0.464 e. The Kier molecular flexibility index (Phi) is 3.21. The summed E-state index contributed by atoms with van der Waals surface area (Å²) in [5.74, 6) is 0.616. The minimum atomic E-state index is -1.09. The molecule has 6 nitrogen and oxygen atoms in total. The van der Waals surface area contributed by atoms with Crippen LogP contribution in [0, 0.1) is 0 Å². The van der Waals surface area contributed by atoms with Gasteiger partial charge in [0.15, 0.2) is 0 Å². The number of hydrogen-bond acceptors (Lipinski definition) is 4. The fourth-order valence-electron chi connectivity index (χ4n) is 1.98. The molecule has 1 saturated heterocycles. The first-order valence-corrected chi connectivity index (χ1v) is 5.22. The predicted octanol–water partition coefficient (Wildman–Crippen LogP) is 0.795. The Balaban J connectivity index is 2.32. The second kappa shape index (κ2) is 4.63. The molecule has 0 aliphatic carbocycles. The molecule has 16 heavy (non-hydrogen) atoms. The number of ether oxygens (including phenoxy) is 1. The topological polar surface area (TPSA) is 84.6 Å². The van der Waals surface area contributed by atoms with Gasteiger partial charge in [-0.25, -0.2) is 14.3 Å². The summed E-state index contributed by atoms with van der Waals surface area (Å²) in [5.41, 5.74) is 0.314. The van der Waals surface area contributed by atoms with Crippen molar-refractivity contribution in [1.82, 2.24) is 9.55 Å². The van der Waals surface area contributed by atoms with Crippen molar-refractivity contribution in [3.8, 4) is 0 Å². The van der Waals surface area contributed by atoms with Gasteiger partial charge in [0.1, 0.15) is 5.82 Å². The van der Waals surface area contributed by atoms with Gasteiger partial charge in [-0.3, -0.25) is 0 Å². The van der Waals surface area contributed by atoms with Gasteiger partial charge < -0.3 is 14.9 Å². The lowest BCUT2D eigenvalue weighted by atomic mass is 9.99. The molecule has 1 aromatic rings. The van der Waals surface area contributed by atoms with Gasteiger partial charge in [0, 0.05) is 19.1 Å². The van der Waals surface area contributed by atoms with Crippen LogP contribution in [0.4, 0.5) is 4.79 Å². The Morgan fingerprint density at radius 2 is 2.25 bits per heavy atom. The molecule has 0 amide bonds. The molecule has 2 N–H and O–H groups in total. The summed E-state index contributed by atoms with van der Waals surface area (Å²) < 4.78 is 6.30. The molecule has 88 valence electrons. The van der Waals surface area contributed by atoms with Crippen molar-refractivity contribution < 1.29 is 19.7 Å². The number of aromatic nitrogens is 2. The average molecular weight is 226 g/mol. The van der Waals surface area contributed by atoms with Gasteiger partial charge in [0.25, 0.3) is 0 Å². The third-order valence-electron chi connectivity index (χ3n) is 2.80. The second-order valence-corrected chi connectivity index (χ2v) is 3.77. The van der Waals surface area contributed by atoms with E-state index in [1.54, 1.807) is 0 Å². The summed E-state index contributed by atoms with van der Waals surface area (Å²) in [5, 5.41) is 18.1. The fraction of sp³-hybridized carbons (Fsp3) is 0.600. The van der Waals surface area contributed by atoms with Crippen molar-refractivity contribution in [2.45, 2.75) is 25.4 Å². The highest BCUT2D eigenvalue weighted by Gasteiger charge is 2.24. The van der Waals surface area contributed by atoms with Gasteiger partial charge in [-0.1, -0.05) is 0 Å². The van der Waals surface area contributed by atoms with E-state index in [2.05, 4.69) is 4.98 Å². The maximum Gasteiger partial charge on any atom is 0.417 e. The summed E-state index contributed by atoms with van der Waals surface area (Å²) in [4.78, 5) is 15.2. The van der Waals surface area contributed by atoms with Crippen molar-refractivity contribution in [3.63, 3.8) is 0 Å². The van der Waals surface area contributed by atoms with E-state index in [1.165, 1.54) is 6.20 Å². The molecule has 0 atom stereocenters. The molecular weight excluding hydrogens is 212 g/mol. The van der Waals surface area contributed by atoms with E-state index in [1.807, 2.05) is 0 Å². The lowest BCUT2D eigenvalue weighted by Gasteiger charge is -2.21. The first kappa shape index (κ1) is 11.1. The summed E-state index contributed by atoms with van der Waals surface area (Å²) in [7, 11) is 0. The highest BCUT2D eigenvalue weighted by atomic mass is 16.5. The Bertz CT molecular complexity index is 382. The molecule has 0 bridgehead atoms. The maximum atomic E-state index is 11.1. The van der Waals surface area contributed by atoms with Crippen LogP contribution in [0.2, 0.25) is 0 Å². The van der Waals surface area contributed by atoms with Crippen LogP contribution in [0.1, 0.15) is 30.3 Å². The van der Waals surface area contributed by atoms with Crippen molar-refractivity contribution in [2.75, 3.05) is 13.2 Å². The lowest BCUT2D eigenvalue weighted by Crippen LogP contribution is -2.22. The Morgan fingerprint density at radius 1 is 1.56 bits per heavy atom. The van der Waals surface area contributed by atoms with Crippen molar-refractivity contribution in [1.29, 1.82) is 0 Å². The molecule has 0 spiro atoms. The van der Waals surface area contributed by atoms with Gasteiger partial charge >= 0.3 is 6.09 Å². The third-order valence-corrected chi connectivity index (χ3v) is 2.80. The van der Waals surface area contributed by atoms with Crippen LogP contribution in [0.15, 0.2) is 6.20 Å². The minimum absolute atomic E-state index is 0.102. The van der Waals surface area contributed by atoms with Gasteiger partial charge in [-0.05, 0) is 12.8 Å². The van der Waals surface area contributed by atoms with Crippen LogP contribution in [-0.2, 0) is 11.3 Å². The monoisotopic (exact) mass is 226 g/mol. The van der Waals surface area contributed by atoms with Crippen molar-refractivity contribution in [2.24, 2.45) is 0 Å². The van der Waals surface area contributed by atoms with Crippen LogP contribution in [-0.4, -0.2) is 39.1 Å². The zero-order chi connectivity index (χ0) is 11.5. The number of carbonyl (C=O) groups is 1. The number of carboxylic acid groups (broad SMARTS) is 1. The smallest absolute Gasteiger partial charge is 0.417 e. The predicted molar refractivity (Wildman–Crippen MR) is 54.4 cm³/mol. The molecular formula is C10H14N2O4. The van der Waals surface area contributed by atoms with Crippen LogP contribution in [0.25, 0.3) is 0 Å². The molecule has 2 rings (SSSR count). The molecule has 0 saturated carbocycles. The lowest BCUT2D eigenvalue weighted by molar-refractivity contribution is 0.0826. The van der Waals surface area contributed by atoms with E-state index in [0.717, 1.165) is 17.4 Å². The van der Waals surface area contributed by atoms with E-state index >= 15 is 0 Å². The molecule has 1 fully saturated rings. The summed E-state index contributed by atoms with van der Waals surface area (Å²) in [6, 6.07) is 0. The number of hydrogen-bond donors (Lipinski definition) is 2. The number of imidazole rings is 1. The minimum Gasteiger partial charge on any atom is -0.464 e. The van der Waals surface area contributed by atoms with Crippen LogP contribution >= 0.6 is 0 Å². The first-order valence-electron chi connectivity index (χ1n) is 5.22. The van der Waals surface area contributed by atoms with E-state index in [-0.39, 0.29) is 12.5 Å². The zero-order valence-electron chi connectivity index (χ0n) is 8.80. The SMILES string of the molecule is O=C(O)n1c(CO)cnc1C1CCOCC1. The first-order chi connectivity index (χ1) is 7.74. The second-order valence-electron chi connectivity index (χ2n) is 3.77. The molecule has 0 unspecified atom stereocenters. The van der Waals surface area contributed by atoms with Crippen LogP contribution in [0.3, 0.4) is 0 Å². The van der Waals surface area contributed by atoms with Crippen molar-refractivity contribution in [3.05, 3.63) is 17.7 Å². The van der Waals surface area contributed by atoms with Crippen LogP contribution in [0.5, 0.6) is 0 Å². The highest BCUT2D eigenvalue weighted by Crippen LogP contribution is 2.26. The Hall–Kier alpha value is -1.40. The van der Waals surface area contributed by atoms with Gasteiger partial charge in [0.05, 0.1) is 18.5 Å². The van der Waals surface area contributed by atoms with E-state index in [0.29, 0.717) is 24.7 Å². The maximum absolute atomic E-state index is 11.1. The van der Waals surface area contributed by atoms with Gasteiger partial charge in [-0.2, -0.15) is 0 Å². The normalized spacial score (nSPS) is 17.6. The molecule has 1 aromatic heterocycles. The Morgan fingerprint density at radius 3 is 2.81 bits per heavy atom. The number of rotatable bonds is 2. The molecule has 1 aliphatic rings. The standard InChI is InChI=1S/C10H14N2O4/c13-6-8-5-11-9(12(8)10(14)15)7-1-3-16-4-2-7/h5,7,13H,1-4,6H2,(H,14,15). The third kappa shape index (κ3) is 1.94. The highest BCUT2D eigenvalue weighted by molar-refractivity contribution is 5.70. The summed E-state index contributed by atoms with van der Waals surface area (Å²) in [6.45, 7) is 0.944. The van der Waals surface area contributed by atoms with Crippen LogP contribution < -0.4 is 0 Å². The molecule has 2 heterocycles. The van der Waals surface area contributed by atoms with E-state index in [9.17, 15) is 4.79 Å². The average Bonchev–Trinajstić information content (AvgIpc) is 2.73. The number of aliphatic hydroxyl groups excluding tert-OH is 1. The number of nitrogens with zero attached hydrogens (tertiary/aromatic N) is 2. The fourth-order valence-corrected chi connectivity index (χ4v) is 1.98.